The summed E-state index contributed by atoms with van der Waals surface area (Å²) in [4.78, 5) is 14.9. The third-order valence-electron chi connectivity index (χ3n) is 7.46. The van der Waals surface area contributed by atoms with Gasteiger partial charge in [0.15, 0.2) is 0 Å². The Morgan fingerprint density at radius 2 is 1.66 bits per heavy atom. The van der Waals surface area contributed by atoms with Crippen LogP contribution in [0.3, 0.4) is 0 Å². The molecule has 1 amide bonds. The highest BCUT2D eigenvalue weighted by atomic mass is 16.2. The van der Waals surface area contributed by atoms with Gasteiger partial charge in [-0.25, -0.2) is 4.68 Å². The van der Waals surface area contributed by atoms with E-state index >= 15 is 0 Å². The van der Waals surface area contributed by atoms with Crippen LogP contribution in [-0.2, 0) is 10.2 Å². The molecule has 0 spiro atoms. The van der Waals surface area contributed by atoms with Crippen LogP contribution < -0.4 is 10.2 Å². The number of hydrogen-bond acceptors (Lipinski definition) is 3. The minimum absolute atomic E-state index is 0.0362. The molecule has 1 saturated heterocycles. The van der Waals surface area contributed by atoms with Crippen molar-refractivity contribution in [1.82, 2.24) is 15.1 Å². The molecule has 2 aliphatic heterocycles. The number of benzene rings is 3. The number of hydrogen-bond donors (Lipinski definition) is 1. The molecule has 174 valence electrons. The molecule has 5 nitrogen and oxygen atoms in total. The first-order chi connectivity index (χ1) is 16.9. The number of carbonyl (C=O) groups is 1. The third kappa shape index (κ3) is 3.22. The summed E-state index contributed by atoms with van der Waals surface area (Å²) in [6.45, 7) is 6.84. The van der Waals surface area contributed by atoms with Crippen molar-refractivity contribution in [2.45, 2.75) is 31.8 Å². The van der Waals surface area contributed by atoms with Gasteiger partial charge in [-0.3, -0.25) is 4.79 Å². The molecule has 0 bridgehead atoms. The maximum absolute atomic E-state index is 12.7. The third-order valence-corrected chi connectivity index (χ3v) is 7.46. The monoisotopic (exact) mass is 460 g/mol. The Morgan fingerprint density at radius 3 is 2.43 bits per heavy atom. The highest BCUT2D eigenvalue weighted by Crippen LogP contribution is 2.52. The average molecular weight is 461 g/mol. The van der Waals surface area contributed by atoms with Crippen molar-refractivity contribution in [3.05, 3.63) is 108 Å². The summed E-state index contributed by atoms with van der Waals surface area (Å²) < 4.78 is 1.97. The second-order valence-corrected chi connectivity index (χ2v) is 9.94. The van der Waals surface area contributed by atoms with Gasteiger partial charge in [-0.1, -0.05) is 80.1 Å². The van der Waals surface area contributed by atoms with Gasteiger partial charge in [0.2, 0.25) is 5.91 Å². The van der Waals surface area contributed by atoms with E-state index in [1.165, 1.54) is 11.1 Å². The number of nitrogens with zero attached hydrogens (tertiary/aromatic N) is 3. The molecule has 0 radical (unpaired) electrons. The molecule has 3 heterocycles. The van der Waals surface area contributed by atoms with Crippen molar-refractivity contribution in [2.24, 2.45) is 0 Å². The van der Waals surface area contributed by atoms with Crippen LogP contribution in [-0.4, -0.2) is 27.9 Å². The normalized spacial score (nSPS) is 20.2. The number of fused-ring (bicyclic) bond motifs is 3. The van der Waals surface area contributed by atoms with Crippen LogP contribution in [0.1, 0.15) is 30.7 Å². The number of rotatable bonds is 4. The molecule has 1 unspecified atom stereocenters. The van der Waals surface area contributed by atoms with Crippen LogP contribution in [0.25, 0.3) is 23.0 Å². The number of aryl methyl sites for hydroxylation is 1. The van der Waals surface area contributed by atoms with Crippen molar-refractivity contribution >= 4 is 17.7 Å². The van der Waals surface area contributed by atoms with Crippen LogP contribution in [0.4, 0.5) is 5.69 Å². The number of aromatic nitrogens is 2. The van der Waals surface area contributed by atoms with Gasteiger partial charge in [0.25, 0.3) is 0 Å². The molecule has 35 heavy (non-hydrogen) atoms. The lowest BCUT2D eigenvalue weighted by atomic mass is 9.75. The fraction of sp³-hybridized carbons (Fsp3) is 0.200. The lowest BCUT2D eigenvalue weighted by molar-refractivity contribution is -0.118. The number of para-hydroxylation sites is 2. The van der Waals surface area contributed by atoms with Gasteiger partial charge in [0.05, 0.1) is 23.6 Å². The van der Waals surface area contributed by atoms with Gasteiger partial charge in [0.1, 0.15) is 5.66 Å². The van der Waals surface area contributed by atoms with E-state index in [-0.39, 0.29) is 11.3 Å². The van der Waals surface area contributed by atoms with E-state index in [0.717, 1.165) is 28.3 Å². The van der Waals surface area contributed by atoms with E-state index in [9.17, 15) is 4.79 Å². The van der Waals surface area contributed by atoms with Crippen LogP contribution in [0.2, 0.25) is 0 Å². The molecule has 1 aromatic heterocycles. The van der Waals surface area contributed by atoms with E-state index in [2.05, 4.69) is 104 Å². The minimum Gasteiger partial charge on any atom is -0.335 e. The second kappa shape index (κ2) is 7.70. The topological polar surface area (TPSA) is 50.2 Å². The molecule has 1 N–H and O–H groups in total. The average Bonchev–Trinajstić information content (AvgIpc) is 3.49. The largest absolute Gasteiger partial charge is 0.335 e. The Bertz CT molecular complexity index is 1450. The number of carbonyl (C=O) groups excluding carboxylic acids is 1. The summed E-state index contributed by atoms with van der Waals surface area (Å²) in [5.41, 5.74) is 6.52. The van der Waals surface area contributed by atoms with Gasteiger partial charge >= 0.3 is 0 Å². The molecule has 0 aliphatic carbocycles. The molecule has 1 atom stereocenters. The predicted octanol–water partition coefficient (Wildman–Crippen LogP) is 5.48. The van der Waals surface area contributed by atoms with Gasteiger partial charge in [-0.15, -0.1) is 0 Å². The molecular formula is C30H28N4O. The zero-order valence-corrected chi connectivity index (χ0v) is 20.2. The van der Waals surface area contributed by atoms with E-state index in [0.29, 0.717) is 6.54 Å². The standard InChI is InChI=1S/C30H28N4O/c1-21-13-15-22(16-14-21)26-19-24(34(32-26)23-9-5-4-6-10-23)17-18-30-29(2,3)25-11-7-8-12-27(25)33(30)20-28(35)31-30/h4-19H,20H2,1-3H3,(H,31,35)/b18-17+. The van der Waals surface area contributed by atoms with Crippen molar-refractivity contribution in [2.75, 3.05) is 11.4 Å². The smallest absolute Gasteiger partial charge is 0.241 e. The van der Waals surface area contributed by atoms with Crippen LogP contribution >= 0.6 is 0 Å². The summed E-state index contributed by atoms with van der Waals surface area (Å²) in [6, 6.07) is 29.1. The Balaban J connectivity index is 1.48. The van der Waals surface area contributed by atoms with Gasteiger partial charge in [-0.2, -0.15) is 5.10 Å². The van der Waals surface area contributed by atoms with Crippen molar-refractivity contribution < 1.29 is 4.79 Å². The summed E-state index contributed by atoms with van der Waals surface area (Å²) in [5, 5.41) is 8.28. The first-order valence-corrected chi connectivity index (χ1v) is 12.0. The number of anilines is 1. The summed E-state index contributed by atoms with van der Waals surface area (Å²) in [5.74, 6) is 0.0362. The van der Waals surface area contributed by atoms with Gasteiger partial charge in [-0.05, 0) is 48.9 Å². The lowest BCUT2D eigenvalue weighted by Crippen LogP contribution is -2.58. The van der Waals surface area contributed by atoms with E-state index in [1.807, 2.05) is 28.9 Å². The van der Waals surface area contributed by atoms with E-state index in [1.54, 1.807) is 0 Å². The minimum atomic E-state index is -0.649. The van der Waals surface area contributed by atoms with Gasteiger partial charge in [0, 0.05) is 16.7 Å². The quantitative estimate of drug-likeness (QED) is 0.438. The highest BCUT2D eigenvalue weighted by Gasteiger charge is 2.59. The molecular weight excluding hydrogens is 432 g/mol. The molecule has 1 fully saturated rings. The van der Waals surface area contributed by atoms with Crippen LogP contribution in [0.15, 0.2) is 91.0 Å². The van der Waals surface area contributed by atoms with Gasteiger partial charge < -0.3 is 10.2 Å². The molecule has 4 aromatic rings. The molecule has 6 rings (SSSR count). The maximum Gasteiger partial charge on any atom is 0.241 e. The van der Waals surface area contributed by atoms with Crippen LogP contribution in [0.5, 0.6) is 0 Å². The fourth-order valence-electron chi connectivity index (χ4n) is 5.50. The predicted molar refractivity (Wildman–Crippen MR) is 140 cm³/mol. The fourth-order valence-corrected chi connectivity index (χ4v) is 5.50. The van der Waals surface area contributed by atoms with E-state index < -0.39 is 5.66 Å². The summed E-state index contributed by atoms with van der Waals surface area (Å²) in [7, 11) is 0. The first-order valence-electron chi connectivity index (χ1n) is 12.0. The first kappa shape index (κ1) is 21.4. The number of amides is 1. The zero-order valence-electron chi connectivity index (χ0n) is 20.2. The molecule has 5 heteroatoms. The Morgan fingerprint density at radius 1 is 0.943 bits per heavy atom. The Kier molecular flexibility index (Phi) is 4.71. The maximum atomic E-state index is 12.7. The highest BCUT2D eigenvalue weighted by molar-refractivity contribution is 5.91. The molecule has 3 aromatic carbocycles. The Hall–Kier alpha value is -4.12. The number of nitrogens with one attached hydrogen (secondary N) is 1. The molecule has 2 aliphatic rings. The summed E-state index contributed by atoms with van der Waals surface area (Å²) in [6.07, 6.45) is 4.25. The second-order valence-electron chi connectivity index (χ2n) is 9.94. The van der Waals surface area contributed by atoms with Crippen molar-refractivity contribution in [3.63, 3.8) is 0 Å². The SMILES string of the molecule is Cc1ccc(-c2cc(/C=C/C34NC(=O)CN3c3ccccc3C4(C)C)n(-c3ccccc3)n2)cc1. The van der Waals surface area contributed by atoms with Crippen molar-refractivity contribution in [1.29, 1.82) is 0 Å². The van der Waals surface area contributed by atoms with Crippen molar-refractivity contribution in [3.8, 4) is 16.9 Å². The Labute approximate surface area is 205 Å². The lowest BCUT2D eigenvalue weighted by Gasteiger charge is -2.40. The zero-order chi connectivity index (χ0) is 24.2. The van der Waals surface area contributed by atoms with E-state index in [4.69, 9.17) is 5.10 Å². The summed E-state index contributed by atoms with van der Waals surface area (Å²) >= 11 is 0. The van der Waals surface area contributed by atoms with Crippen LogP contribution in [0, 0.1) is 6.92 Å². The molecule has 0 saturated carbocycles.